The van der Waals surface area contributed by atoms with Gasteiger partial charge in [0.15, 0.2) is 0 Å². The zero-order valence-corrected chi connectivity index (χ0v) is 8.69. The van der Waals surface area contributed by atoms with Gasteiger partial charge in [-0.25, -0.2) is 0 Å². The number of nitrogens with two attached hydrogens (primary N) is 1. The maximum atomic E-state index is 10.9. The van der Waals surface area contributed by atoms with E-state index in [2.05, 4.69) is 14.0 Å². The van der Waals surface area contributed by atoms with Gasteiger partial charge in [-0.3, -0.25) is 4.79 Å². The number of rotatable bonds is 4. The summed E-state index contributed by atoms with van der Waals surface area (Å²) in [4.78, 5) is 10.9. The van der Waals surface area contributed by atoms with Gasteiger partial charge in [-0.1, -0.05) is 18.6 Å². The molecular formula is C8H16NO2P. The van der Waals surface area contributed by atoms with Gasteiger partial charge in [0.25, 0.3) is 0 Å². The fraction of sp³-hybridized carbons (Fsp3) is 0.625. The van der Waals surface area contributed by atoms with Gasteiger partial charge in [-0.2, -0.15) is 0 Å². The molecule has 0 aliphatic rings. The molecule has 0 saturated carbocycles. The molecular weight excluding hydrogens is 173 g/mol. The highest BCUT2D eigenvalue weighted by molar-refractivity contribution is 7.16. The van der Waals surface area contributed by atoms with Crippen LogP contribution in [0.1, 0.15) is 13.3 Å². The summed E-state index contributed by atoms with van der Waals surface area (Å²) in [6, 6.07) is -0.620. The molecule has 0 amide bonds. The van der Waals surface area contributed by atoms with Crippen LogP contribution in [0.5, 0.6) is 0 Å². The average Bonchev–Trinajstić information content (AvgIpc) is 2.12. The maximum absolute atomic E-state index is 10.9. The van der Waals surface area contributed by atoms with E-state index in [1.54, 1.807) is 6.08 Å². The molecule has 3 nitrogen and oxygen atoms in total. The minimum Gasteiger partial charge on any atom is -0.468 e. The highest BCUT2D eigenvalue weighted by atomic mass is 31.0. The number of allylic oxidation sites excluding steroid dienone is 1. The second-order valence-corrected chi connectivity index (χ2v) is 2.84. The molecule has 12 heavy (non-hydrogen) atoms. The molecule has 0 radical (unpaired) electrons. The van der Waals surface area contributed by atoms with E-state index in [0.29, 0.717) is 0 Å². The highest BCUT2D eigenvalue weighted by Gasteiger charge is 2.10. The second-order valence-electron chi connectivity index (χ2n) is 2.43. The first kappa shape index (κ1) is 11.6. The molecule has 2 atom stereocenters. The van der Waals surface area contributed by atoms with Gasteiger partial charge >= 0.3 is 5.97 Å². The van der Waals surface area contributed by atoms with E-state index in [1.165, 1.54) is 7.11 Å². The molecule has 0 aliphatic carbocycles. The van der Waals surface area contributed by atoms with Crippen LogP contribution in [-0.2, 0) is 9.53 Å². The number of carbonyl (C=O) groups is 1. The minimum atomic E-state index is -0.620. The molecule has 0 aromatic carbocycles. The van der Waals surface area contributed by atoms with E-state index in [-0.39, 0.29) is 5.97 Å². The van der Waals surface area contributed by atoms with E-state index < -0.39 is 6.04 Å². The topological polar surface area (TPSA) is 52.3 Å². The van der Waals surface area contributed by atoms with E-state index in [4.69, 9.17) is 5.73 Å². The molecule has 0 spiro atoms. The Morgan fingerprint density at radius 3 is 2.67 bits per heavy atom. The molecule has 4 heteroatoms. The molecule has 0 saturated heterocycles. The van der Waals surface area contributed by atoms with Crippen LogP contribution in [-0.4, -0.2) is 25.3 Å². The number of carbonyl (C=O) groups excluding carboxylic acids is 1. The smallest absolute Gasteiger partial charge is 0.326 e. The van der Waals surface area contributed by atoms with Gasteiger partial charge in [0, 0.05) is 0 Å². The highest BCUT2D eigenvalue weighted by Crippen LogP contribution is 2.05. The summed E-state index contributed by atoms with van der Waals surface area (Å²) in [5.74, 6) is -0.389. The lowest BCUT2D eigenvalue weighted by atomic mass is 10.1. The lowest BCUT2D eigenvalue weighted by molar-refractivity contribution is -0.140. The Hall–Kier alpha value is -0.400. The summed E-state index contributed by atoms with van der Waals surface area (Å²) in [6.45, 7) is 2.03. The predicted octanol–water partition coefficient (Wildman–Crippen LogP) is 0.698. The Kier molecular flexibility index (Phi) is 5.95. The van der Waals surface area contributed by atoms with Crippen LogP contribution in [0, 0.1) is 0 Å². The Balaban J connectivity index is 4.19. The van der Waals surface area contributed by atoms with Crippen molar-refractivity contribution in [1.82, 2.24) is 0 Å². The van der Waals surface area contributed by atoms with Crippen molar-refractivity contribution >= 4 is 15.2 Å². The first-order valence-electron chi connectivity index (χ1n) is 3.88. The van der Waals surface area contributed by atoms with Crippen molar-refractivity contribution in [2.75, 3.05) is 13.3 Å². The summed E-state index contributed by atoms with van der Waals surface area (Å²) in [6.07, 6.45) is 3.51. The van der Waals surface area contributed by atoms with Crippen molar-refractivity contribution < 1.29 is 9.53 Å². The second kappa shape index (κ2) is 6.15. The van der Waals surface area contributed by atoms with Gasteiger partial charge in [0.05, 0.1) is 7.11 Å². The van der Waals surface area contributed by atoms with Gasteiger partial charge in [0.1, 0.15) is 6.04 Å². The van der Waals surface area contributed by atoms with E-state index in [1.807, 2.05) is 6.92 Å². The lowest BCUT2D eigenvalue weighted by Crippen LogP contribution is -2.29. The lowest BCUT2D eigenvalue weighted by Gasteiger charge is -2.06. The molecule has 0 bridgehead atoms. The summed E-state index contributed by atoms with van der Waals surface area (Å²) in [5, 5.41) is 0. The number of methoxy groups -OCH3 is 1. The third-order valence-corrected chi connectivity index (χ3v) is 2.13. The molecule has 0 fully saturated rings. The monoisotopic (exact) mass is 189 g/mol. The normalized spacial score (nSPS) is 14.2. The fourth-order valence-corrected chi connectivity index (χ4v) is 1.21. The fourth-order valence-electron chi connectivity index (χ4n) is 0.788. The maximum Gasteiger partial charge on any atom is 0.326 e. The SMILES string of the molecule is CCC(=CC(N)C(=O)OC)CP. The van der Waals surface area contributed by atoms with Crippen LogP contribution in [0.15, 0.2) is 11.6 Å². The Morgan fingerprint density at radius 2 is 2.33 bits per heavy atom. The minimum absolute atomic E-state index is 0.389. The van der Waals surface area contributed by atoms with E-state index in [9.17, 15) is 4.79 Å². The van der Waals surface area contributed by atoms with Crippen molar-refractivity contribution in [2.45, 2.75) is 19.4 Å². The van der Waals surface area contributed by atoms with Crippen molar-refractivity contribution in [3.8, 4) is 0 Å². The van der Waals surface area contributed by atoms with Crippen LogP contribution in [0.25, 0.3) is 0 Å². The third kappa shape index (κ3) is 3.84. The van der Waals surface area contributed by atoms with Crippen molar-refractivity contribution in [3.05, 3.63) is 11.6 Å². The molecule has 0 aromatic rings. The van der Waals surface area contributed by atoms with Crippen molar-refractivity contribution in [1.29, 1.82) is 0 Å². The number of hydrogen-bond acceptors (Lipinski definition) is 3. The standard InChI is InChI=1S/C8H16NO2P/c1-3-6(5-12)4-7(9)8(10)11-2/h4,7H,3,5,9,12H2,1-2H3. The molecule has 2 unspecified atom stereocenters. The number of esters is 1. The first-order valence-corrected chi connectivity index (χ1v) is 4.70. The summed E-state index contributed by atoms with van der Waals surface area (Å²) in [7, 11) is 3.94. The Morgan fingerprint density at radius 1 is 1.75 bits per heavy atom. The molecule has 0 aliphatic heterocycles. The molecule has 0 heterocycles. The zero-order valence-electron chi connectivity index (χ0n) is 7.54. The van der Waals surface area contributed by atoms with Gasteiger partial charge in [0.2, 0.25) is 0 Å². The molecule has 70 valence electrons. The predicted molar refractivity (Wildman–Crippen MR) is 52.9 cm³/mol. The third-order valence-electron chi connectivity index (χ3n) is 1.60. The van der Waals surface area contributed by atoms with Crippen LogP contribution in [0.2, 0.25) is 0 Å². The molecule has 0 aromatic heterocycles. The Labute approximate surface area is 75.5 Å². The van der Waals surface area contributed by atoms with Crippen molar-refractivity contribution in [3.63, 3.8) is 0 Å². The van der Waals surface area contributed by atoms with E-state index >= 15 is 0 Å². The van der Waals surface area contributed by atoms with Crippen LogP contribution < -0.4 is 5.73 Å². The number of hydrogen-bond donors (Lipinski definition) is 1. The van der Waals surface area contributed by atoms with Crippen molar-refractivity contribution in [2.24, 2.45) is 5.73 Å². The van der Waals surface area contributed by atoms with E-state index in [0.717, 1.165) is 18.2 Å². The summed E-state index contributed by atoms with van der Waals surface area (Å²) >= 11 is 0. The van der Waals surface area contributed by atoms with Crippen LogP contribution in [0.4, 0.5) is 0 Å². The largest absolute Gasteiger partial charge is 0.468 e. The first-order chi connectivity index (χ1) is 5.65. The Bertz CT molecular complexity index is 174. The quantitative estimate of drug-likeness (QED) is 0.402. The average molecular weight is 189 g/mol. The summed E-state index contributed by atoms with van der Waals surface area (Å²) in [5.41, 5.74) is 6.67. The van der Waals surface area contributed by atoms with Gasteiger partial charge < -0.3 is 10.5 Å². The number of ether oxygens (including phenoxy) is 1. The molecule has 0 rings (SSSR count). The zero-order chi connectivity index (χ0) is 9.56. The van der Waals surface area contributed by atoms with Gasteiger partial charge in [-0.05, 0) is 12.6 Å². The van der Waals surface area contributed by atoms with Crippen LogP contribution in [0.3, 0.4) is 0 Å². The molecule has 2 N–H and O–H groups in total. The van der Waals surface area contributed by atoms with Crippen LogP contribution >= 0.6 is 9.24 Å². The van der Waals surface area contributed by atoms with Gasteiger partial charge in [-0.15, -0.1) is 9.24 Å². The summed E-state index contributed by atoms with van der Waals surface area (Å²) < 4.78 is 4.49.